The van der Waals surface area contributed by atoms with Crippen LogP contribution in [-0.4, -0.2) is 23.0 Å². The Labute approximate surface area is 109 Å². The maximum absolute atomic E-state index is 5.90. The summed E-state index contributed by atoms with van der Waals surface area (Å²) < 4.78 is 0. The van der Waals surface area contributed by atoms with Gasteiger partial charge in [0.25, 0.3) is 0 Å². The molecule has 1 aromatic heterocycles. The van der Waals surface area contributed by atoms with Crippen molar-refractivity contribution >= 4 is 11.6 Å². The first-order chi connectivity index (χ1) is 7.95. The molecule has 1 saturated heterocycles. The van der Waals surface area contributed by atoms with Crippen LogP contribution in [0.4, 0.5) is 0 Å². The van der Waals surface area contributed by atoms with Gasteiger partial charge in [0.05, 0.1) is 0 Å². The Balaban J connectivity index is 1.94. The second kappa shape index (κ2) is 4.95. The predicted molar refractivity (Wildman–Crippen MR) is 72.1 cm³/mol. The molecule has 0 radical (unpaired) electrons. The van der Waals surface area contributed by atoms with Crippen LogP contribution in [0.3, 0.4) is 0 Å². The van der Waals surface area contributed by atoms with Crippen LogP contribution >= 0.6 is 11.6 Å². The summed E-state index contributed by atoms with van der Waals surface area (Å²) in [6.07, 6.45) is 3.09. The normalized spacial score (nSPS) is 22.0. The van der Waals surface area contributed by atoms with Crippen molar-refractivity contribution in [1.29, 1.82) is 0 Å². The molecule has 1 aliphatic rings. The second-order valence-corrected chi connectivity index (χ2v) is 6.46. The minimum Gasteiger partial charge on any atom is -0.299 e. The third-order valence-corrected chi connectivity index (χ3v) is 3.90. The molecular weight excluding hydrogens is 232 g/mol. The summed E-state index contributed by atoms with van der Waals surface area (Å²) in [5.41, 5.74) is 1.68. The summed E-state index contributed by atoms with van der Waals surface area (Å²) in [7, 11) is 0. The largest absolute Gasteiger partial charge is 0.299 e. The van der Waals surface area contributed by atoms with Crippen molar-refractivity contribution in [3.05, 3.63) is 29.0 Å². The minimum atomic E-state index is 0.421. The van der Waals surface area contributed by atoms with Gasteiger partial charge in [-0.15, -0.1) is 0 Å². The molecule has 0 aromatic carbocycles. The molecule has 0 bridgehead atoms. The van der Waals surface area contributed by atoms with Crippen molar-refractivity contribution < 1.29 is 0 Å². The quantitative estimate of drug-likeness (QED) is 0.748. The molecule has 1 aliphatic heterocycles. The first-order valence-electron chi connectivity index (χ1n) is 6.28. The highest BCUT2D eigenvalue weighted by Crippen LogP contribution is 2.34. The number of halogens is 1. The standard InChI is InChI=1S/C14H21ClN2/c1-14(2,3)12-5-7-17(10-12)9-11-4-6-16-13(15)8-11/h4,6,8,12H,5,7,9-10H2,1-3H3. The Morgan fingerprint density at radius 3 is 2.82 bits per heavy atom. The van der Waals surface area contributed by atoms with Crippen molar-refractivity contribution in [2.75, 3.05) is 13.1 Å². The van der Waals surface area contributed by atoms with Gasteiger partial charge in [0.2, 0.25) is 0 Å². The molecular formula is C14H21ClN2. The van der Waals surface area contributed by atoms with Crippen LogP contribution in [0.1, 0.15) is 32.8 Å². The van der Waals surface area contributed by atoms with E-state index in [0.717, 1.165) is 12.5 Å². The zero-order valence-corrected chi connectivity index (χ0v) is 11.7. The first kappa shape index (κ1) is 12.8. The number of nitrogens with zero attached hydrogens (tertiary/aromatic N) is 2. The Morgan fingerprint density at radius 2 is 2.24 bits per heavy atom. The van der Waals surface area contributed by atoms with Crippen LogP contribution < -0.4 is 0 Å². The Kier molecular flexibility index (Phi) is 3.74. The fraction of sp³-hybridized carbons (Fsp3) is 0.643. The van der Waals surface area contributed by atoms with Gasteiger partial charge >= 0.3 is 0 Å². The van der Waals surface area contributed by atoms with Gasteiger partial charge in [-0.05, 0) is 42.0 Å². The number of aromatic nitrogens is 1. The van der Waals surface area contributed by atoms with E-state index in [1.807, 2.05) is 6.07 Å². The third-order valence-electron chi connectivity index (χ3n) is 3.69. The van der Waals surface area contributed by atoms with E-state index in [9.17, 15) is 0 Å². The predicted octanol–water partition coefficient (Wildman–Crippen LogP) is 3.60. The van der Waals surface area contributed by atoms with Gasteiger partial charge in [0.15, 0.2) is 0 Å². The van der Waals surface area contributed by atoms with Crippen LogP contribution in [0.25, 0.3) is 0 Å². The summed E-state index contributed by atoms with van der Waals surface area (Å²) >= 11 is 5.90. The van der Waals surface area contributed by atoms with Gasteiger partial charge in [0, 0.05) is 19.3 Å². The summed E-state index contributed by atoms with van der Waals surface area (Å²) in [5, 5.41) is 0.592. The second-order valence-electron chi connectivity index (χ2n) is 6.07. The fourth-order valence-corrected chi connectivity index (χ4v) is 2.68. The number of pyridine rings is 1. The molecule has 3 heteroatoms. The number of hydrogen-bond donors (Lipinski definition) is 0. The average molecular weight is 253 g/mol. The molecule has 1 fully saturated rings. The maximum atomic E-state index is 5.90. The van der Waals surface area contributed by atoms with E-state index in [1.54, 1.807) is 6.20 Å². The summed E-state index contributed by atoms with van der Waals surface area (Å²) in [5.74, 6) is 0.805. The molecule has 0 spiro atoms. The Morgan fingerprint density at radius 1 is 1.47 bits per heavy atom. The van der Waals surface area contributed by atoms with Crippen LogP contribution in [0.5, 0.6) is 0 Å². The molecule has 1 atom stereocenters. The smallest absolute Gasteiger partial charge is 0.129 e. The highest BCUT2D eigenvalue weighted by atomic mass is 35.5. The lowest BCUT2D eigenvalue weighted by Crippen LogP contribution is -2.25. The van der Waals surface area contributed by atoms with E-state index in [1.165, 1.54) is 25.1 Å². The molecule has 0 aliphatic carbocycles. The molecule has 0 saturated carbocycles. The van der Waals surface area contributed by atoms with E-state index in [2.05, 4.69) is 36.7 Å². The van der Waals surface area contributed by atoms with Crippen molar-refractivity contribution in [3.8, 4) is 0 Å². The molecule has 0 amide bonds. The van der Waals surface area contributed by atoms with Crippen molar-refractivity contribution in [2.24, 2.45) is 11.3 Å². The molecule has 2 heterocycles. The highest BCUT2D eigenvalue weighted by Gasteiger charge is 2.31. The highest BCUT2D eigenvalue weighted by molar-refractivity contribution is 6.29. The Bertz CT molecular complexity index is 384. The topological polar surface area (TPSA) is 16.1 Å². The molecule has 0 N–H and O–H groups in total. The Hall–Kier alpha value is -0.600. The molecule has 94 valence electrons. The van der Waals surface area contributed by atoms with Crippen LogP contribution in [0, 0.1) is 11.3 Å². The molecule has 2 nitrogen and oxygen atoms in total. The molecule has 2 rings (SSSR count). The van der Waals surface area contributed by atoms with E-state index >= 15 is 0 Å². The monoisotopic (exact) mass is 252 g/mol. The van der Waals surface area contributed by atoms with Crippen molar-refractivity contribution in [2.45, 2.75) is 33.7 Å². The average Bonchev–Trinajstić information content (AvgIpc) is 2.65. The zero-order chi connectivity index (χ0) is 12.5. The van der Waals surface area contributed by atoms with E-state index in [0.29, 0.717) is 10.6 Å². The number of likely N-dealkylation sites (tertiary alicyclic amines) is 1. The number of hydrogen-bond acceptors (Lipinski definition) is 2. The van der Waals surface area contributed by atoms with Gasteiger partial charge in [-0.1, -0.05) is 32.4 Å². The van der Waals surface area contributed by atoms with Crippen LogP contribution in [-0.2, 0) is 6.54 Å². The van der Waals surface area contributed by atoms with Gasteiger partial charge in [-0.3, -0.25) is 4.90 Å². The van der Waals surface area contributed by atoms with Crippen LogP contribution in [0.15, 0.2) is 18.3 Å². The SMILES string of the molecule is CC(C)(C)C1CCN(Cc2ccnc(Cl)c2)C1. The molecule has 1 unspecified atom stereocenters. The zero-order valence-electron chi connectivity index (χ0n) is 10.9. The van der Waals surface area contributed by atoms with Crippen molar-refractivity contribution in [3.63, 3.8) is 0 Å². The summed E-state index contributed by atoms with van der Waals surface area (Å²) in [6.45, 7) is 10.4. The lowest BCUT2D eigenvalue weighted by Gasteiger charge is -2.27. The van der Waals surface area contributed by atoms with E-state index in [4.69, 9.17) is 11.6 Å². The lowest BCUT2D eigenvalue weighted by atomic mass is 9.80. The minimum absolute atomic E-state index is 0.421. The summed E-state index contributed by atoms with van der Waals surface area (Å²) in [6, 6.07) is 4.02. The first-order valence-corrected chi connectivity index (χ1v) is 6.66. The van der Waals surface area contributed by atoms with Gasteiger partial charge in [-0.2, -0.15) is 0 Å². The van der Waals surface area contributed by atoms with E-state index < -0.39 is 0 Å². The molecule has 17 heavy (non-hydrogen) atoms. The van der Waals surface area contributed by atoms with Gasteiger partial charge in [-0.25, -0.2) is 4.98 Å². The maximum Gasteiger partial charge on any atom is 0.129 e. The summed E-state index contributed by atoms with van der Waals surface area (Å²) in [4.78, 5) is 6.53. The van der Waals surface area contributed by atoms with Crippen LogP contribution in [0.2, 0.25) is 5.15 Å². The number of rotatable bonds is 2. The molecule has 1 aromatic rings. The van der Waals surface area contributed by atoms with Gasteiger partial charge < -0.3 is 0 Å². The van der Waals surface area contributed by atoms with E-state index in [-0.39, 0.29) is 0 Å². The van der Waals surface area contributed by atoms with Crippen molar-refractivity contribution in [1.82, 2.24) is 9.88 Å². The lowest BCUT2D eigenvalue weighted by molar-refractivity contribution is 0.226. The fourth-order valence-electron chi connectivity index (χ4n) is 2.48. The van der Waals surface area contributed by atoms with Gasteiger partial charge in [0.1, 0.15) is 5.15 Å². The third kappa shape index (κ3) is 3.43.